The van der Waals surface area contributed by atoms with Gasteiger partial charge in [-0.1, -0.05) is 51.2 Å². The van der Waals surface area contributed by atoms with Crippen molar-refractivity contribution in [1.29, 1.82) is 0 Å². The molecule has 1 aromatic carbocycles. The van der Waals surface area contributed by atoms with E-state index in [2.05, 4.69) is 25.6 Å². The molecular weight excluding hydrogens is 367 g/mol. The number of hydrogen-bond acceptors (Lipinski definition) is 0. The number of halogens is 1. The maximum Gasteiger partial charge on any atom is 0.126 e. The molecule has 30 heavy (non-hydrogen) atoms. The summed E-state index contributed by atoms with van der Waals surface area (Å²) < 4.78 is 15.2. The quantitative estimate of drug-likeness (QED) is 0.297. The Balaban J connectivity index is 1.37. The standard InChI is InChI=1S/C29H43F/c1-3-5-7-9-22-11-13-25-19-28(29(30)20-27(25)17-22)26-15-14-23-16-21(8-6-4-2)10-12-24(23)18-26/h4,19-24,26H,2-3,5-18H2,1H3. The van der Waals surface area contributed by atoms with Crippen molar-refractivity contribution in [2.75, 3.05) is 0 Å². The first kappa shape index (κ1) is 22.1. The minimum absolute atomic E-state index is 0.103. The Hall–Kier alpha value is -1.11. The Morgan fingerprint density at radius 2 is 1.77 bits per heavy atom. The highest BCUT2D eigenvalue weighted by Gasteiger charge is 2.36. The fourth-order valence-corrected chi connectivity index (χ4v) is 7.00. The lowest BCUT2D eigenvalue weighted by molar-refractivity contribution is 0.114. The van der Waals surface area contributed by atoms with Crippen LogP contribution in [-0.2, 0) is 12.8 Å². The molecule has 3 aliphatic carbocycles. The van der Waals surface area contributed by atoms with E-state index in [1.54, 1.807) is 0 Å². The number of hydrogen-bond donors (Lipinski definition) is 0. The van der Waals surface area contributed by atoms with Crippen molar-refractivity contribution in [3.63, 3.8) is 0 Å². The molecular formula is C29H43F. The zero-order chi connectivity index (χ0) is 20.9. The summed E-state index contributed by atoms with van der Waals surface area (Å²) in [6.45, 7) is 6.17. The van der Waals surface area contributed by atoms with Gasteiger partial charge >= 0.3 is 0 Å². The van der Waals surface area contributed by atoms with Crippen molar-refractivity contribution in [3.05, 3.63) is 47.3 Å². The van der Waals surface area contributed by atoms with Gasteiger partial charge in [-0.15, -0.1) is 6.58 Å². The monoisotopic (exact) mass is 410 g/mol. The largest absolute Gasteiger partial charge is 0.207 e. The van der Waals surface area contributed by atoms with Gasteiger partial charge in [-0.25, -0.2) is 4.39 Å². The molecule has 0 amide bonds. The van der Waals surface area contributed by atoms with Crippen LogP contribution in [0, 0.1) is 29.5 Å². The summed E-state index contributed by atoms with van der Waals surface area (Å²) in [6.07, 6.45) is 21.4. The highest BCUT2D eigenvalue weighted by atomic mass is 19.1. The number of allylic oxidation sites excluding steroid dienone is 1. The van der Waals surface area contributed by atoms with Crippen LogP contribution in [0.4, 0.5) is 4.39 Å². The third-order valence-corrected chi connectivity index (χ3v) is 8.81. The topological polar surface area (TPSA) is 0 Å². The molecule has 5 unspecified atom stereocenters. The highest BCUT2D eigenvalue weighted by Crippen LogP contribution is 2.49. The number of fused-ring (bicyclic) bond motifs is 2. The van der Waals surface area contributed by atoms with Gasteiger partial charge in [0.1, 0.15) is 5.82 Å². The number of unbranched alkanes of at least 4 members (excludes halogenated alkanes) is 2. The van der Waals surface area contributed by atoms with Gasteiger partial charge < -0.3 is 0 Å². The molecule has 0 bridgehead atoms. The van der Waals surface area contributed by atoms with E-state index in [0.29, 0.717) is 5.92 Å². The van der Waals surface area contributed by atoms with Crippen molar-refractivity contribution in [2.45, 2.75) is 109 Å². The van der Waals surface area contributed by atoms with E-state index in [1.807, 2.05) is 6.07 Å². The molecule has 1 aromatic rings. The average Bonchev–Trinajstić information content (AvgIpc) is 2.77. The molecule has 0 N–H and O–H groups in total. The van der Waals surface area contributed by atoms with Crippen LogP contribution in [0.1, 0.15) is 113 Å². The molecule has 0 radical (unpaired) electrons. The second-order valence-corrected chi connectivity index (χ2v) is 10.8. The number of aryl methyl sites for hydroxylation is 1. The summed E-state index contributed by atoms with van der Waals surface area (Å²) >= 11 is 0. The summed E-state index contributed by atoms with van der Waals surface area (Å²) in [5.74, 6) is 3.98. The molecule has 0 saturated heterocycles. The van der Waals surface area contributed by atoms with Crippen LogP contribution in [0.25, 0.3) is 0 Å². The van der Waals surface area contributed by atoms with Crippen molar-refractivity contribution >= 4 is 0 Å². The molecule has 0 aromatic heterocycles. The Labute approximate surface area is 184 Å². The van der Waals surface area contributed by atoms with Crippen LogP contribution in [0.3, 0.4) is 0 Å². The maximum absolute atomic E-state index is 15.2. The van der Waals surface area contributed by atoms with E-state index >= 15 is 4.39 Å². The van der Waals surface area contributed by atoms with Crippen LogP contribution in [0.5, 0.6) is 0 Å². The minimum atomic E-state index is 0.103. The van der Waals surface area contributed by atoms with Gasteiger partial charge in [-0.05, 0) is 117 Å². The summed E-state index contributed by atoms with van der Waals surface area (Å²) in [4.78, 5) is 0. The van der Waals surface area contributed by atoms with Crippen LogP contribution in [-0.4, -0.2) is 0 Å². The smallest absolute Gasteiger partial charge is 0.126 e. The van der Waals surface area contributed by atoms with Crippen LogP contribution in [0.15, 0.2) is 24.8 Å². The summed E-state index contributed by atoms with van der Waals surface area (Å²) in [6, 6.07) is 4.24. The van der Waals surface area contributed by atoms with Crippen LogP contribution >= 0.6 is 0 Å². The van der Waals surface area contributed by atoms with E-state index in [9.17, 15) is 0 Å². The van der Waals surface area contributed by atoms with Crippen molar-refractivity contribution in [1.82, 2.24) is 0 Å². The van der Waals surface area contributed by atoms with Gasteiger partial charge in [-0.2, -0.15) is 0 Å². The average molecular weight is 411 g/mol. The molecule has 2 fully saturated rings. The number of rotatable bonds is 8. The minimum Gasteiger partial charge on any atom is -0.207 e. The zero-order valence-corrected chi connectivity index (χ0v) is 19.3. The first-order valence-electron chi connectivity index (χ1n) is 13.1. The Morgan fingerprint density at radius 3 is 2.60 bits per heavy atom. The normalized spacial score (nSPS) is 31.1. The molecule has 4 rings (SSSR count). The lowest BCUT2D eigenvalue weighted by atomic mass is 9.63. The van der Waals surface area contributed by atoms with E-state index in [4.69, 9.17) is 0 Å². The molecule has 0 spiro atoms. The second-order valence-electron chi connectivity index (χ2n) is 10.8. The molecule has 3 aliphatic rings. The third kappa shape index (κ3) is 5.20. The van der Waals surface area contributed by atoms with Gasteiger partial charge in [0.05, 0.1) is 0 Å². The van der Waals surface area contributed by atoms with E-state index in [-0.39, 0.29) is 5.82 Å². The molecule has 1 heteroatoms. The van der Waals surface area contributed by atoms with Gasteiger partial charge in [0.2, 0.25) is 0 Å². The van der Waals surface area contributed by atoms with Gasteiger partial charge in [0.15, 0.2) is 0 Å². The molecule has 0 heterocycles. The molecule has 166 valence electrons. The lowest BCUT2D eigenvalue weighted by Crippen LogP contribution is -2.30. The van der Waals surface area contributed by atoms with Crippen molar-refractivity contribution in [2.24, 2.45) is 23.7 Å². The van der Waals surface area contributed by atoms with Crippen LogP contribution < -0.4 is 0 Å². The van der Waals surface area contributed by atoms with Gasteiger partial charge in [-0.3, -0.25) is 0 Å². The lowest BCUT2D eigenvalue weighted by Gasteiger charge is -2.42. The SMILES string of the molecule is C=CCCC1CCC2CC(c3cc4c(cc3F)CC(CCCCC)CC4)CCC2C1. The predicted octanol–water partition coefficient (Wildman–Crippen LogP) is 8.78. The van der Waals surface area contributed by atoms with E-state index < -0.39 is 0 Å². The van der Waals surface area contributed by atoms with Gasteiger partial charge in [0, 0.05) is 0 Å². The second kappa shape index (κ2) is 10.5. The fourth-order valence-electron chi connectivity index (χ4n) is 7.00. The van der Waals surface area contributed by atoms with Gasteiger partial charge in [0.25, 0.3) is 0 Å². The molecule has 5 atom stereocenters. The van der Waals surface area contributed by atoms with Crippen molar-refractivity contribution in [3.8, 4) is 0 Å². The maximum atomic E-state index is 15.2. The number of benzene rings is 1. The van der Waals surface area contributed by atoms with E-state index in [1.165, 1.54) is 101 Å². The molecule has 2 saturated carbocycles. The Morgan fingerprint density at radius 1 is 0.933 bits per heavy atom. The first-order chi connectivity index (χ1) is 14.7. The Bertz CT molecular complexity index is 705. The zero-order valence-electron chi connectivity index (χ0n) is 19.3. The highest BCUT2D eigenvalue weighted by molar-refractivity contribution is 5.37. The predicted molar refractivity (Wildman–Crippen MR) is 126 cm³/mol. The van der Waals surface area contributed by atoms with Crippen molar-refractivity contribution < 1.29 is 4.39 Å². The third-order valence-electron chi connectivity index (χ3n) is 8.81. The molecule has 0 aliphatic heterocycles. The molecule has 0 nitrogen and oxygen atoms in total. The van der Waals surface area contributed by atoms with Crippen LogP contribution in [0.2, 0.25) is 0 Å². The van der Waals surface area contributed by atoms with E-state index in [0.717, 1.165) is 35.7 Å². The summed E-state index contributed by atoms with van der Waals surface area (Å²) in [5, 5.41) is 0. The Kier molecular flexibility index (Phi) is 7.71. The summed E-state index contributed by atoms with van der Waals surface area (Å²) in [7, 11) is 0. The fraction of sp³-hybridized carbons (Fsp3) is 0.724. The first-order valence-corrected chi connectivity index (χ1v) is 13.1. The summed E-state index contributed by atoms with van der Waals surface area (Å²) in [5.41, 5.74) is 3.85.